The number of carbonyl (C=O) groups is 1. The zero-order chi connectivity index (χ0) is 21.2. The molecule has 0 radical (unpaired) electrons. The molecule has 6 nitrogen and oxygen atoms in total. The predicted octanol–water partition coefficient (Wildman–Crippen LogP) is 2.61. The first-order valence-corrected chi connectivity index (χ1v) is 11.2. The van der Waals surface area contributed by atoms with Crippen LogP contribution < -0.4 is 5.32 Å². The topological polar surface area (TPSA) is 51.2 Å². The monoisotopic (exact) mass is 425 g/mol. The molecule has 0 unspecified atom stereocenters. The number of nitrogens with zero attached hydrogens (tertiary/aromatic N) is 4. The molecule has 0 saturated carbocycles. The van der Waals surface area contributed by atoms with Crippen LogP contribution in [0.3, 0.4) is 0 Å². The number of carbonyl (C=O) groups excluding carboxylic acids is 1. The molecule has 1 aromatic carbocycles. The van der Waals surface area contributed by atoms with E-state index in [1.54, 1.807) is 30.3 Å². The van der Waals surface area contributed by atoms with E-state index in [1.807, 2.05) is 6.07 Å². The van der Waals surface area contributed by atoms with Crippen molar-refractivity contribution in [2.45, 2.75) is 6.54 Å². The third-order valence-electron chi connectivity index (χ3n) is 5.01. The number of thiophene rings is 1. The van der Waals surface area contributed by atoms with Crippen LogP contribution in [-0.4, -0.2) is 79.9 Å². The van der Waals surface area contributed by atoms with Crippen molar-refractivity contribution in [3.05, 3.63) is 64.4 Å². The van der Waals surface area contributed by atoms with E-state index in [0.29, 0.717) is 0 Å². The molecule has 7 heteroatoms. The molecule has 1 amide bonds. The Balaban J connectivity index is 1.53. The second-order valence-corrected chi connectivity index (χ2v) is 8.49. The first-order chi connectivity index (χ1) is 14.6. The Morgan fingerprint density at radius 2 is 1.90 bits per heavy atom. The molecule has 0 spiro atoms. The van der Waals surface area contributed by atoms with Gasteiger partial charge in [-0.25, -0.2) is 4.99 Å². The van der Waals surface area contributed by atoms with Crippen molar-refractivity contribution >= 4 is 29.3 Å². The molecule has 2 heterocycles. The van der Waals surface area contributed by atoms with E-state index in [-0.39, 0.29) is 12.5 Å². The van der Waals surface area contributed by atoms with Crippen LogP contribution in [-0.2, 0) is 11.3 Å². The molecule has 3 rings (SSSR count). The molecule has 2 aromatic rings. The smallest absolute Gasteiger partial charge is 0.243 e. The van der Waals surface area contributed by atoms with Gasteiger partial charge in [-0.1, -0.05) is 48.6 Å². The van der Waals surface area contributed by atoms with E-state index in [4.69, 9.17) is 0 Å². The largest absolute Gasteiger partial charge is 0.351 e. The van der Waals surface area contributed by atoms with Crippen molar-refractivity contribution < 1.29 is 4.79 Å². The number of likely N-dealkylation sites (N-methyl/N-ethyl adjacent to an activating group) is 1. The molecule has 1 aliphatic heterocycles. The Morgan fingerprint density at radius 3 is 2.57 bits per heavy atom. The fourth-order valence-electron chi connectivity index (χ4n) is 3.18. The number of hydrogen-bond donors (Lipinski definition) is 1. The highest BCUT2D eigenvalue weighted by Gasteiger charge is 2.19. The number of rotatable bonds is 7. The molecule has 0 aliphatic carbocycles. The van der Waals surface area contributed by atoms with Gasteiger partial charge in [0.1, 0.15) is 6.54 Å². The molecule has 30 heavy (non-hydrogen) atoms. The minimum absolute atomic E-state index is 0.00936. The zero-order valence-electron chi connectivity index (χ0n) is 17.8. The van der Waals surface area contributed by atoms with Gasteiger partial charge >= 0.3 is 0 Å². The molecule has 1 saturated heterocycles. The zero-order valence-corrected chi connectivity index (χ0v) is 18.6. The average molecular weight is 426 g/mol. The van der Waals surface area contributed by atoms with E-state index in [1.165, 1.54) is 10.4 Å². The quantitative estimate of drug-likeness (QED) is 0.547. The average Bonchev–Trinajstić information content (AvgIpc) is 3.28. The van der Waals surface area contributed by atoms with Gasteiger partial charge in [0.15, 0.2) is 5.96 Å². The SMILES string of the molecule is CN(C)C(=O)CN=C(NCc1cccs1)N1CCN(C/C=C/c2ccccc2)CC1. The van der Waals surface area contributed by atoms with Gasteiger partial charge in [-0.3, -0.25) is 9.69 Å². The van der Waals surface area contributed by atoms with Crippen LogP contribution in [0.2, 0.25) is 0 Å². The minimum atomic E-state index is 0.00936. The molecule has 1 fully saturated rings. The Morgan fingerprint density at radius 1 is 1.13 bits per heavy atom. The highest BCUT2D eigenvalue weighted by atomic mass is 32.1. The molecule has 160 valence electrons. The summed E-state index contributed by atoms with van der Waals surface area (Å²) >= 11 is 1.72. The van der Waals surface area contributed by atoms with Gasteiger partial charge in [-0.15, -0.1) is 11.3 Å². The second kappa shape index (κ2) is 11.5. The van der Waals surface area contributed by atoms with Crippen molar-refractivity contribution in [2.24, 2.45) is 4.99 Å². The third-order valence-corrected chi connectivity index (χ3v) is 5.89. The summed E-state index contributed by atoms with van der Waals surface area (Å²) in [6, 6.07) is 14.5. The maximum atomic E-state index is 12.0. The summed E-state index contributed by atoms with van der Waals surface area (Å²) in [7, 11) is 3.52. The Kier molecular flexibility index (Phi) is 8.47. The lowest BCUT2D eigenvalue weighted by Gasteiger charge is -2.36. The van der Waals surface area contributed by atoms with Crippen LogP contribution in [0.25, 0.3) is 6.08 Å². The van der Waals surface area contributed by atoms with Crippen LogP contribution in [0.1, 0.15) is 10.4 Å². The Hall–Kier alpha value is -2.64. The van der Waals surface area contributed by atoms with E-state index in [9.17, 15) is 4.79 Å². The van der Waals surface area contributed by atoms with E-state index in [0.717, 1.165) is 45.2 Å². The summed E-state index contributed by atoms with van der Waals surface area (Å²) in [6.45, 7) is 5.57. The van der Waals surface area contributed by atoms with Gasteiger partial charge in [0, 0.05) is 51.7 Å². The Labute approximate surface area is 183 Å². The van der Waals surface area contributed by atoms with Crippen molar-refractivity contribution in [3.8, 4) is 0 Å². The maximum absolute atomic E-state index is 12.0. The molecule has 1 aromatic heterocycles. The second-order valence-electron chi connectivity index (χ2n) is 7.46. The molecule has 1 aliphatic rings. The summed E-state index contributed by atoms with van der Waals surface area (Å²) < 4.78 is 0. The normalized spacial score (nSPS) is 15.5. The maximum Gasteiger partial charge on any atom is 0.243 e. The van der Waals surface area contributed by atoms with Crippen molar-refractivity contribution in [1.29, 1.82) is 0 Å². The highest BCUT2D eigenvalue weighted by Crippen LogP contribution is 2.09. The summed E-state index contributed by atoms with van der Waals surface area (Å²) in [5, 5.41) is 5.52. The number of benzene rings is 1. The van der Waals surface area contributed by atoms with Crippen LogP contribution in [0.15, 0.2) is 58.9 Å². The molecule has 0 atom stereocenters. The number of nitrogens with one attached hydrogen (secondary N) is 1. The van der Waals surface area contributed by atoms with Crippen molar-refractivity contribution in [3.63, 3.8) is 0 Å². The number of guanidine groups is 1. The van der Waals surface area contributed by atoms with Crippen LogP contribution in [0.5, 0.6) is 0 Å². The van der Waals surface area contributed by atoms with E-state index < -0.39 is 0 Å². The van der Waals surface area contributed by atoms with E-state index >= 15 is 0 Å². The lowest BCUT2D eigenvalue weighted by atomic mass is 10.2. The first-order valence-electron chi connectivity index (χ1n) is 10.3. The lowest BCUT2D eigenvalue weighted by molar-refractivity contribution is -0.127. The predicted molar refractivity (Wildman–Crippen MR) is 126 cm³/mol. The standard InChI is InChI=1S/C23H31N5OS/c1-26(2)22(29)19-25-23(24-18-21-11-7-17-30-21)28-15-13-27(14-16-28)12-6-10-20-8-4-3-5-9-20/h3-11,17H,12-16,18-19H2,1-2H3,(H,24,25)/b10-6+. The number of piperazine rings is 1. The molecule has 1 N–H and O–H groups in total. The van der Waals surface area contributed by atoms with E-state index in [2.05, 4.69) is 74.0 Å². The first kappa shape index (κ1) is 22.1. The number of hydrogen-bond acceptors (Lipinski definition) is 4. The molecular formula is C23H31N5OS. The number of amides is 1. The highest BCUT2D eigenvalue weighted by molar-refractivity contribution is 7.09. The third kappa shape index (κ3) is 7.00. The van der Waals surface area contributed by atoms with Gasteiger partial charge < -0.3 is 15.1 Å². The molecular weight excluding hydrogens is 394 g/mol. The van der Waals surface area contributed by atoms with Crippen LogP contribution in [0, 0.1) is 0 Å². The van der Waals surface area contributed by atoms with Gasteiger partial charge in [0.05, 0.1) is 6.54 Å². The summed E-state index contributed by atoms with van der Waals surface area (Å²) in [4.78, 5) is 24.2. The van der Waals surface area contributed by atoms with Gasteiger partial charge in [-0.2, -0.15) is 0 Å². The fraction of sp³-hybridized carbons (Fsp3) is 0.391. The Bertz CT molecular complexity index is 825. The van der Waals surface area contributed by atoms with Gasteiger partial charge in [0.2, 0.25) is 5.91 Å². The van der Waals surface area contributed by atoms with Crippen LogP contribution in [0.4, 0.5) is 0 Å². The van der Waals surface area contributed by atoms with Crippen LogP contribution >= 0.6 is 11.3 Å². The van der Waals surface area contributed by atoms with Crippen molar-refractivity contribution in [2.75, 3.05) is 53.4 Å². The summed E-state index contributed by atoms with van der Waals surface area (Å²) in [6.07, 6.45) is 4.40. The summed E-state index contributed by atoms with van der Waals surface area (Å²) in [5.41, 5.74) is 1.23. The fourth-order valence-corrected chi connectivity index (χ4v) is 3.82. The minimum Gasteiger partial charge on any atom is -0.351 e. The van der Waals surface area contributed by atoms with Gasteiger partial charge in [-0.05, 0) is 17.0 Å². The lowest BCUT2D eigenvalue weighted by Crippen LogP contribution is -2.52. The summed E-state index contributed by atoms with van der Waals surface area (Å²) in [5.74, 6) is 0.827. The van der Waals surface area contributed by atoms with Gasteiger partial charge in [0.25, 0.3) is 0 Å². The van der Waals surface area contributed by atoms with Crippen molar-refractivity contribution in [1.82, 2.24) is 20.0 Å². The number of aliphatic imine (C=N–C) groups is 1. The molecule has 0 bridgehead atoms.